The van der Waals surface area contributed by atoms with Crippen LogP contribution in [0.3, 0.4) is 0 Å². The molecule has 6 heteroatoms. The average Bonchev–Trinajstić information content (AvgIpc) is 3.08. The Morgan fingerprint density at radius 3 is 1.46 bits per heavy atom. The van der Waals surface area contributed by atoms with Crippen LogP contribution < -0.4 is 0 Å². The van der Waals surface area contributed by atoms with Gasteiger partial charge in [0, 0.05) is 31.5 Å². The van der Waals surface area contributed by atoms with Gasteiger partial charge in [0.1, 0.15) is 12.7 Å². The van der Waals surface area contributed by atoms with Crippen molar-refractivity contribution in [1.29, 1.82) is 0 Å². The maximum Gasteiger partial charge on any atom is 0.160 e. The summed E-state index contributed by atoms with van der Waals surface area (Å²) in [6.07, 6.45) is 35.9. The summed E-state index contributed by atoms with van der Waals surface area (Å²) in [5, 5.41) is 10.2. The molecule has 0 saturated carbocycles. The largest absolute Gasteiger partial charge is 0.499 e. The summed E-state index contributed by atoms with van der Waals surface area (Å²) in [4.78, 5) is 0. The van der Waals surface area contributed by atoms with Crippen molar-refractivity contribution in [2.75, 3.05) is 38.8 Å². The van der Waals surface area contributed by atoms with E-state index in [9.17, 15) is 5.11 Å². The number of aliphatic hydroxyl groups is 1. The van der Waals surface area contributed by atoms with E-state index in [0.717, 1.165) is 45.3 Å². The SMILES string of the molecule is CCCCCCCCCC(CCCOCC(O)COC=CCS)C(OCCCCCCCCCC(C)(C)C)OCCCCCCCCCC(C)(C)C. The number of rotatable bonds is 39. The van der Waals surface area contributed by atoms with E-state index in [1.54, 1.807) is 6.26 Å². The van der Waals surface area contributed by atoms with E-state index in [1.165, 1.54) is 135 Å². The van der Waals surface area contributed by atoms with Gasteiger partial charge in [-0.25, -0.2) is 0 Å². The van der Waals surface area contributed by atoms with Gasteiger partial charge >= 0.3 is 0 Å². The second-order valence-electron chi connectivity index (χ2n) is 18.1. The van der Waals surface area contributed by atoms with Crippen molar-refractivity contribution in [3.05, 3.63) is 12.3 Å². The first-order chi connectivity index (χ1) is 25.0. The smallest absolute Gasteiger partial charge is 0.160 e. The van der Waals surface area contributed by atoms with Crippen LogP contribution in [0.2, 0.25) is 0 Å². The molecule has 5 nitrogen and oxygen atoms in total. The van der Waals surface area contributed by atoms with Gasteiger partial charge in [0.05, 0.1) is 12.9 Å². The van der Waals surface area contributed by atoms with Gasteiger partial charge in [-0.3, -0.25) is 0 Å². The average molecular weight is 757 g/mol. The van der Waals surface area contributed by atoms with Gasteiger partial charge in [-0.2, -0.15) is 12.6 Å². The Kier molecular flexibility index (Phi) is 36.2. The first-order valence-corrected chi connectivity index (χ1v) is 23.0. The molecule has 1 N–H and O–H groups in total. The lowest BCUT2D eigenvalue weighted by atomic mass is 9.89. The van der Waals surface area contributed by atoms with Crippen LogP contribution in [0.25, 0.3) is 0 Å². The van der Waals surface area contributed by atoms with E-state index in [0.29, 0.717) is 35.7 Å². The van der Waals surface area contributed by atoms with Crippen LogP contribution in [0.4, 0.5) is 0 Å². The first-order valence-electron chi connectivity index (χ1n) is 22.3. The fraction of sp³-hybridized carbons (Fsp3) is 0.957. The molecule has 2 atom stereocenters. The molecule has 312 valence electrons. The summed E-state index contributed by atoms with van der Waals surface area (Å²) >= 11 is 4.13. The lowest BCUT2D eigenvalue weighted by Gasteiger charge is -2.28. The van der Waals surface area contributed by atoms with Crippen molar-refractivity contribution in [2.45, 2.75) is 228 Å². The molecule has 0 radical (unpaired) electrons. The van der Waals surface area contributed by atoms with Crippen molar-refractivity contribution in [3.8, 4) is 0 Å². The molecule has 0 bridgehead atoms. The van der Waals surface area contributed by atoms with E-state index in [2.05, 4.69) is 61.1 Å². The predicted molar refractivity (Wildman–Crippen MR) is 230 cm³/mol. The van der Waals surface area contributed by atoms with Crippen LogP contribution in [0, 0.1) is 16.7 Å². The molecule has 0 aliphatic heterocycles. The van der Waals surface area contributed by atoms with E-state index in [4.69, 9.17) is 18.9 Å². The molecule has 0 saturated heterocycles. The Bertz CT molecular complexity index is 712. The van der Waals surface area contributed by atoms with Gasteiger partial charge in [-0.05, 0) is 61.9 Å². The van der Waals surface area contributed by atoms with Crippen molar-refractivity contribution < 1.29 is 24.1 Å². The minimum Gasteiger partial charge on any atom is -0.499 e. The number of hydrogen-bond donors (Lipinski definition) is 2. The zero-order chi connectivity index (χ0) is 38.6. The standard InChI is InChI=1S/C46H92O5S/c1-8-9-10-11-14-19-24-31-42(32-29-35-48-40-43(47)41-49-36-30-39-52)44(50-37-27-22-17-12-15-20-25-33-45(2,3)4)51-38-28-23-18-13-16-21-26-34-46(5,6)7/h30,36,42-44,47,52H,8-29,31-35,37-41H2,1-7H3. The summed E-state index contributed by atoms with van der Waals surface area (Å²) < 4.78 is 24.5. The predicted octanol–water partition coefficient (Wildman–Crippen LogP) is 14.1. The number of thiol groups is 1. The molecule has 0 aromatic heterocycles. The number of unbranched alkanes of at least 4 members (excludes halogenated alkanes) is 18. The van der Waals surface area contributed by atoms with Crippen molar-refractivity contribution >= 4 is 12.6 Å². The van der Waals surface area contributed by atoms with Crippen LogP contribution in [0.15, 0.2) is 12.3 Å². The summed E-state index contributed by atoms with van der Waals surface area (Å²) in [7, 11) is 0. The Labute approximate surface area is 331 Å². The summed E-state index contributed by atoms with van der Waals surface area (Å²) in [6.45, 7) is 19.1. The molecule has 0 aliphatic carbocycles. The highest BCUT2D eigenvalue weighted by atomic mass is 32.1. The molecular weight excluding hydrogens is 665 g/mol. The Balaban J connectivity index is 4.93. The molecule has 2 unspecified atom stereocenters. The maximum atomic E-state index is 10.2. The minimum atomic E-state index is -0.625. The topological polar surface area (TPSA) is 57.2 Å². The zero-order valence-electron chi connectivity index (χ0n) is 36.0. The van der Waals surface area contributed by atoms with Crippen molar-refractivity contribution in [2.24, 2.45) is 16.7 Å². The molecule has 0 heterocycles. The van der Waals surface area contributed by atoms with Crippen LogP contribution in [-0.4, -0.2) is 56.3 Å². The second kappa shape index (κ2) is 36.4. The van der Waals surface area contributed by atoms with Gasteiger partial charge in [-0.15, -0.1) is 0 Å². The highest BCUT2D eigenvalue weighted by molar-refractivity contribution is 7.80. The third-order valence-corrected chi connectivity index (χ3v) is 10.2. The van der Waals surface area contributed by atoms with Crippen molar-refractivity contribution in [1.82, 2.24) is 0 Å². The molecule has 0 fully saturated rings. The highest BCUT2D eigenvalue weighted by Gasteiger charge is 2.23. The van der Waals surface area contributed by atoms with Gasteiger partial charge in [-0.1, -0.05) is 170 Å². The highest BCUT2D eigenvalue weighted by Crippen LogP contribution is 2.26. The number of hydrogen-bond acceptors (Lipinski definition) is 6. The Morgan fingerprint density at radius 2 is 0.981 bits per heavy atom. The Hall–Kier alpha value is -0.270. The zero-order valence-corrected chi connectivity index (χ0v) is 36.9. The number of ether oxygens (including phenoxy) is 4. The molecule has 52 heavy (non-hydrogen) atoms. The Morgan fingerprint density at radius 1 is 0.538 bits per heavy atom. The fourth-order valence-electron chi connectivity index (χ4n) is 6.77. The van der Waals surface area contributed by atoms with Crippen molar-refractivity contribution in [3.63, 3.8) is 0 Å². The quantitative estimate of drug-likeness (QED) is 0.0283. The minimum absolute atomic E-state index is 0.132. The second-order valence-corrected chi connectivity index (χ2v) is 18.5. The monoisotopic (exact) mass is 757 g/mol. The lowest BCUT2D eigenvalue weighted by Crippen LogP contribution is -2.29. The summed E-state index contributed by atoms with van der Waals surface area (Å²) in [6, 6.07) is 0. The molecule has 0 aromatic carbocycles. The summed E-state index contributed by atoms with van der Waals surface area (Å²) in [5.74, 6) is 1.00. The van der Waals surface area contributed by atoms with E-state index >= 15 is 0 Å². The van der Waals surface area contributed by atoms with Gasteiger partial charge in [0.15, 0.2) is 6.29 Å². The fourth-order valence-corrected chi connectivity index (χ4v) is 6.86. The third kappa shape index (κ3) is 39.4. The molecule has 0 rings (SSSR count). The molecule has 0 aromatic rings. The molecule has 0 aliphatic rings. The summed E-state index contributed by atoms with van der Waals surface area (Å²) in [5.41, 5.74) is 0.922. The van der Waals surface area contributed by atoms with Crippen LogP contribution in [0.5, 0.6) is 0 Å². The van der Waals surface area contributed by atoms with Gasteiger partial charge in [0.2, 0.25) is 0 Å². The van der Waals surface area contributed by atoms with Gasteiger partial charge in [0.25, 0.3) is 0 Å². The van der Waals surface area contributed by atoms with E-state index in [-0.39, 0.29) is 12.9 Å². The molecule has 0 spiro atoms. The van der Waals surface area contributed by atoms with Crippen LogP contribution in [-0.2, 0) is 18.9 Å². The normalized spacial score (nSPS) is 13.8. The van der Waals surface area contributed by atoms with E-state index < -0.39 is 6.10 Å². The molecular formula is C46H92O5S. The third-order valence-electron chi connectivity index (χ3n) is 10.0. The van der Waals surface area contributed by atoms with Crippen LogP contribution in [0.1, 0.15) is 215 Å². The van der Waals surface area contributed by atoms with E-state index in [1.807, 2.05) is 6.08 Å². The van der Waals surface area contributed by atoms with Crippen LogP contribution >= 0.6 is 12.6 Å². The first kappa shape index (κ1) is 51.7. The van der Waals surface area contributed by atoms with Gasteiger partial charge < -0.3 is 24.1 Å². The lowest BCUT2D eigenvalue weighted by molar-refractivity contribution is -0.177. The maximum absolute atomic E-state index is 10.2. The number of aliphatic hydroxyl groups excluding tert-OH is 1. The molecule has 0 amide bonds.